The maximum Gasteiger partial charge on any atom is 0.220 e. The van der Waals surface area contributed by atoms with Gasteiger partial charge in [-0.3, -0.25) is 0 Å². The van der Waals surface area contributed by atoms with E-state index < -0.39 is 11.6 Å². The monoisotopic (exact) mass is 490 g/mol. The number of halogens is 2. The third-order valence-electron chi connectivity index (χ3n) is 5.05. The molecule has 0 radical (unpaired) electrons. The number of ether oxygens (including phenoxy) is 1. The van der Waals surface area contributed by atoms with Gasteiger partial charge in [0, 0.05) is 17.5 Å². The van der Waals surface area contributed by atoms with Gasteiger partial charge in [0.2, 0.25) is 5.95 Å². The van der Waals surface area contributed by atoms with Crippen LogP contribution >= 0.6 is 0 Å². The van der Waals surface area contributed by atoms with Gasteiger partial charge in [-0.1, -0.05) is 32.2 Å². The van der Waals surface area contributed by atoms with Crippen molar-refractivity contribution in [1.82, 2.24) is 20.3 Å². The Balaban J connectivity index is 2.04. The van der Waals surface area contributed by atoms with Crippen LogP contribution in [0.15, 0.2) is 73.6 Å². The van der Waals surface area contributed by atoms with Crippen molar-refractivity contribution in [3.05, 3.63) is 96.6 Å². The number of hydrogen-bond donors (Lipinski definition) is 3. The molecule has 0 bridgehead atoms. The van der Waals surface area contributed by atoms with Crippen molar-refractivity contribution in [3.63, 3.8) is 0 Å². The zero-order valence-electron chi connectivity index (χ0n) is 20.2. The number of allylic oxidation sites excluding steroid dienone is 4. The second kappa shape index (κ2) is 11.7. The van der Waals surface area contributed by atoms with E-state index in [-0.39, 0.29) is 40.0 Å². The summed E-state index contributed by atoms with van der Waals surface area (Å²) in [5.41, 5.74) is 14.1. The van der Waals surface area contributed by atoms with Crippen LogP contribution < -0.4 is 21.5 Å². The standard InChI is InChI=1S/C27H28F2N6O/c1-5-8-17(21-13-14-32-27(31)35-21)20(7-3)33-16(4)26-19(30)10-11-22(34-26)24-18(28)9-12-23(25(24)29)36-15-6-2/h5,7-14,33H,3-4,6,15,30H2,1-2H3,(H2,31,32,35)/b8-5-,20-17-. The number of nitrogens with two attached hydrogens (primary N) is 2. The number of hydrogen-bond acceptors (Lipinski definition) is 7. The summed E-state index contributed by atoms with van der Waals surface area (Å²) in [7, 11) is 0. The number of aromatic nitrogens is 3. The first-order chi connectivity index (χ1) is 17.3. The predicted molar refractivity (Wildman–Crippen MR) is 140 cm³/mol. The predicted octanol–water partition coefficient (Wildman–Crippen LogP) is 5.50. The highest BCUT2D eigenvalue weighted by atomic mass is 19.1. The second-order valence-electron chi connectivity index (χ2n) is 7.65. The van der Waals surface area contributed by atoms with Gasteiger partial charge in [-0.2, -0.15) is 0 Å². The van der Waals surface area contributed by atoms with E-state index in [1.807, 2.05) is 26.0 Å². The molecular weight excluding hydrogens is 462 g/mol. The maximum atomic E-state index is 15.1. The Bertz CT molecular complexity index is 1350. The van der Waals surface area contributed by atoms with Crippen LogP contribution in [0.2, 0.25) is 0 Å². The molecule has 0 spiro atoms. The lowest BCUT2D eigenvalue weighted by molar-refractivity contribution is 0.301. The molecule has 3 aromatic rings. The van der Waals surface area contributed by atoms with Crippen LogP contribution in [0, 0.1) is 11.6 Å². The Morgan fingerprint density at radius 2 is 1.92 bits per heavy atom. The summed E-state index contributed by atoms with van der Waals surface area (Å²) in [4.78, 5) is 12.6. The van der Waals surface area contributed by atoms with E-state index in [1.54, 1.807) is 18.3 Å². The average molecular weight is 491 g/mol. The van der Waals surface area contributed by atoms with Gasteiger partial charge >= 0.3 is 0 Å². The largest absolute Gasteiger partial charge is 0.491 e. The first-order valence-electron chi connectivity index (χ1n) is 11.2. The molecule has 1 aromatic carbocycles. The minimum Gasteiger partial charge on any atom is -0.491 e. The first kappa shape index (κ1) is 26.1. The lowest BCUT2D eigenvalue weighted by Gasteiger charge is -2.16. The third-order valence-corrected chi connectivity index (χ3v) is 5.05. The molecule has 5 N–H and O–H groups in total. The molecule has 0 unspecified atom stereocenters. The van der Waals surface area contributed by atoms with Gasteiger partial charge in [0.1, 0.15) is 11.5 Å². The number of anilines is 2. The molecular formula is C27H28F2N6O. The third kappa shape index (κ3) is 5.75. The van der Waals surface area contributed by atoms with E-state index in [2.05, 4.69) is 33.4 Å². The summed E-state index contributed by atoms with van der Waals surface area (Å²) < 4.78 is 35.2. The fourth-order valence-electron chi connectivity index (χ4n) is 3.40. The second-order valence-corrected chi connectivity index (χ2v) is 7.65. The Hall–Kier alpha value is -4.53. The van der Waals surface area contributed by atoms with Gasteiger partial charge in [-0.05, 0) is 49.8 Å². The molecule has 0 aliphatic heterocycles. The van der Waals surface area contributed by atoms with Crippen LogP contribution in [0.5, 0.6) is 5.75 Å². The number of rotatable bonds is 10. The van der Waals surface area contributed by atoms with Crippen molar-refractivity contribution in [1.29, 1.82) is 0 Å². The topological polar surface area (TPSA) is 112 Å². The average Bonchev–Trinajstić information content (AvgIpc) is 2.86. The molecule has 2 aromatic heterocycles. The van der Waals surface area contributed by atoms with Crippen LogP contribution in [0.4, 0.5) is 20.4 Å². The van der Waals surface area contributed by atoms with E-state index in [0.717, 1.165) is 6.07 Å². The van der Waals surface area contributed by atoms with Gasteiger partial charge in [0.25, 0.3) is 0 Å². The number of nitrogens with zero attached hydrogens (tertiary/aromatic N) is 3. The lowest BCUT2D eigenvalue weighted by Crippen LogP contribution is -2.14. The Labute approximate surface area is 208 Å². The molecule has 0 aliphatic rings. The maximum absolute atomic E-state index is 15.1. The highest BCUT2D eigenvalue weighted by Gasteiger charge is 2.20. The molecule has 9 heteroatoms. The SMILES string of the molecule is C=C/C(NC(=C)c1nc(-c2c(F)ccc(OCCC)c2F)ccc1N)=C(\C=C/C)c1ccnc(N)n1. The van der Waals surface area contributed by atoms with Crippen molar-refractivity contribution in [2.24, 2.45) is 0 Å². The van der Waals surface area contributed by atoms with Crippen molar-refractivity contribution < 1.29 is 13.5 Å². The molecule has 0 amide bonds. The molecule has 0 aliphatic carbocycles. The van der Waals surface area contributed by atoms with Crippen molar-refractivity contribution in [3.8, 4) is 17.0 Å². The molecule has 2 heterocycles. The summed E-state index contributed by atoms with van der Waals surface area (Å²) in [5.74, 6) is -1.55. The minimum absolute atomic E-state index is 0.0421. The smallest absolute Gasteiger partial charge is 0.220 e. The summed E-state index contributed by atoms with van der Waals surface area (Å²) in [6.07, 6.45) is 7.44. The Kier molecular flexibility index (Phi) is 8.51. The van der Waals surface area contributed by atoms with Crippen LogP contribution in [0.25, 0.3) is 22.5 Å². The number of nitrogens with one attached hydrogen (secondary N) is 1. The molecule has 36 heavy (non-hydrogen) atoms. The van der Waals surface area contributed by atoms with E-state index in [9.17, 15) is 4.39 Å². The van der Waals surface area contributed by atoms with Crippen LogP contribution in [-0.4, -0.2) is 21.6 Å². The molecule has 0 saturated carbocycles. The van der Waals surface area contributed by atoms with Crippen molar-refractivity contribution >= 4 is 22.9 Å². The summed E-state index contributed by atoms with van der Waals surface area (Å²) in [6, 6.07) is 7.05. The summed E-state index contributed by atoms with van der Waals surface area (Å²) in [6.45, 7) is 11.9. The molecule has 7 nitrogen and oxygen atoms in total. The fraction of sp³-hybridized carbons (Fsp3) is 0.148. The van der Waals surface area contributed by atoms with E-state index in [4.69, 9.17) is 16.2 Å². The van der Waals surface area contributed by atoms with Crippen LogP contribution in [0.1, 0.15) is 31.7 Å². The van der Waals surface area contributed by atoms with Gasteiger partial charge in [0.15, 0.2) is 11.6 Å². The van der Waals surface area contributed by atoms with E-state index in [0.29, 0.717) is 30.0 Å². The molecule has 0 saturated heterocycles. The van der Waals surface area contributed by atoms with Gasteiger partial charge < -0.3 is 21.5 Å². The molecule has 0 fully saturated rings. The van der Waals surface area contributed by atoms with E-state index >= 15 is 4.39 Å². The highest BCUT2D eigenvalue weighted by molar-refractivity contribution is 5.80. The van der Waals surface area contributed by atoms with Crippen molar-refractivity contribution in [2.45, 2.75) is 20.3 Å². The zero-order chi connectivity index (χ0) is 26.2. The molecule has 186 valence electrons. The molecule has 0 atom stereocenters. The van der Waals surface area contributed by atoms with Crippen LogP contribution in [0.3, 0.4) is 0 Å². The lowest BCUT2D eigenvalue weighted by atomic mass is 10.1. The highest BCUT2D eigenvalue weighted by Crippen LogP contribution is 2.33. The summed E-state index contributed by atoms with van der Waals surface area (Å²) in [5, 5.41) is 3.13. The number of benzene rings is 1. The molecule has 3 rings (SSSR count). The Morgan fingerprint density at radius 1 is 1.14 bits per heavy atom. The number of nitrogen functional groups attached to an aromatic ring is 2. The van der Waals surface area contributed by atoms with Crippen molar-refractivity contribution in [2.75, 3.05) is 18.1 Å². The minimum atomic E-state index is -0.839. The van der Waals surface area contributed by atoms with Gasteiger partial charge in [0.05, 0.1) is 34.9 Å². The van der Waals surface area contributed by atoms with E-state index in [1.165, 1.54) is 18.2 Å². The zero-order valence-corrected chi connectivity index (χ0v) is 20.2. The fourth-order valence-corrected chi connectivity index (χ4v) is 3.40. The normalized spacial score (nSPS) is 11.8. The summed E-state index contributed by atoms with van der Waals surface area (Å²) >= 11 is 0. The Morgan fingerprint density at radius 3 is 2.58 bits per heavy atom. The van der Waals surface area contributed by atoms with Gasteiger partial charge in [-0.25, -0.2) is 23.7 Å². The van der Waals surface area contributed by atoms with Gasteiger partial charge in [-0.15, -0.1) is 0 Å². The first-order valence-corrected chi connectivity index (χ1v) is 11.2. The quantitative estimate of drug-likeness (QED) is 0.322. The van der Waals surface area contributed by atoms with Crippen LogP contribution in [-0.2, 0) is 0 Å². The number of pyridine rings is 1.